The van der Waals surface area contributed by atoms with Crippen molar-refractivity contribution in [2.75, 3.05) is 18.9 Å². The Labute approximate surface area is 107 Å². The smallest absolute Gasteiger partial charge is 0.256 e. The molecule has 2 rings (SSSR count). The van der Waals surface area contributed by atoms with Gasteiger partial charge in [-0.2, -0.15) is 0 Å². The molecule has 92 valence electrons. The van der Waals surface area contributed by atoms with E-state index in [0.29, 0.717) is 16.6 Å². The summed E-state index contributed by atoms with van der Waals surface area (Å²) in [6.45, 7) is 2.76. The molecule has 0 unspecified atom stereocenters. The van der Waals surface area contributed by atoms with Gasteiger partial charge in [-0.1, -0.05) is 11.6 Å². The Morgan fingerprint density at radius 1 is 1.53 bits per heavy atom. The summed E-state index contributed by atoms with van der Waals surface area (Å²) in [7, 11) is 1.81. The molecule has 0 atom stereocenters. The number of carbonyl (C=O) groups is 1. The first-order chi connectivity index (χ1) is 8.17. The molecule has 1 N–H and O–H groups in total. The molecule has 0 saturated heterocycles. The van der Waals surface area contributed by atoms with Crippen LogP contribution < -0.4 is 5.32 Å². The summed E-state index contributed by atoms with van der Waals surface area (Å²) < 4.78 is 0. The number of carbonyl (C=O) groups excluding carboxylic acids is 1. The van der Waals surface area contributed by atoms with Crippen LogP contribution in [0.3, 0.4) is 0 Å². The van der Waals surface area contributed by atoms with E-state index in [1.807, 2.05) is 24.9 Å². The molecule has 1 aromatic rings. The van der Waals surface area contributed by atoms with E-state index in [0.717, 1.165) is 25.1 Å². The Hall–Kier alpha value is -1.22. The second-order valence-electron chi connectivity index (χ2n) is 4.26. The summed E-state index contributed by atoms with van der Waals surface area (Å²) >= 11 is 5.96. The lowest BCUT2D eigenvalue weighted by Crippen LogP contribution is -2.33. The van der Waals surface area contributed by atoms with Gasteiger partial charge >= 0.3 is 0 Å². The maximum absolute atomic E-state index is 12.4. The highest BCUT2D eigenvalue weighted by molar-refractivity contribution is 6.31. The Kier molecular flexibility index (Phi) is 3.57. The first kappa shape index (κ1) is 12.2. The maximum atomic E-state index is 12.4. The summed E-state index contributed by atoms with van der Waals surface area (Å²) in [5.74, 6) is 0.0712. The van der Waals surface area contributed by atoms with Crippen molar-refractivity contribution in [1.82, 2.24) is 4.90 Å². The molecule has 1 aliphatic carbocycles. The van der Waals surface area contributed by atoms with Gasteiger partial charge in [-0.15, -0.1) is 0 Å². The van der Waals surface area contributed by atoms with Gasteiger partial charge in [0.25, 0.3) is 5.91 Å². The number of rotatable bonds is 4. The van der Waals surface area contributed by atoms with Gasteiger partial charge in [0.05, 0.1) is 5.56 Å². The third-order valence-corrected chi connectivity index (χ3v) is 3.31. The fraction of sp³-hybridized carbons (Fsp3) is 0.462. The molecule has 4 heteroatoms. The summed E-state index contributed by atoms with van der Waals surface area (Å²) in [5, 5.41) is 3.63. The second kappa shape index (κ2) is 4.96. The van der Waals surface area contributed by atoms with E-state index in [1.165, 1.54) is 0 Å². The third-order valence-electron chi connectivity index (χ3n) is 3.07. The summed E-state index contributed by atoms with van der Waals surface area (Å²) in [6, 6.07) is 5.80. The van der Waals surface area contributed by atoms with Gasteiger partial charge in [0, 0.05) is 30.3 Å². The van der Waals surface area contributed by atoms with Crippen molar-refractivity contribution < 1.29 is 4.79 Å². The van der Waals surface area contributed by atoms with Crippen LogP contribution in [0.5, 0.6) is 0 Å². The van der Waals surface area contributed by atoms with Crippen molar-refractivity contribution in [3.63, 3.8) is 0 Å². The van der Waals surface area contributed by atoms with Gasteiger partial charge in [0.15, 0.2) is 0 Å². The van der Waals surface area contributed by atoms with Gasteiger partial charge in [0.2, 0.25) is 0 Å². The van der Waals surface area contributed by atoms with Crippen LogP contribution in [-0.4, -0.2) is 30.4 Å². The van der Waals surface area contributed by atoms with Crippen LogP contribution in [0.25, 0.3) is 0 Å². The summed E-state index contributed by atoms with van der Waals surface area (Å²) in [5.41, 5.74) is 1.49. The maximum Gasteiger partial charge on any atom is 0.256 e. The number of anilines is 1. The van der Waals surface area contributed by atoms with Crippen molar-refractivity contribution in [1.29, 1.82) is 0 Å². The molecular weight excluding hydrogens is 236 g/mol. The van der Waals surface area contributed by atoms with Crippen LogP contribution in [0.15, 0.2) is 18.2 Å². The van der Waals surface area contributed by atoms with Crippen LogP contribution >= 0.6 is 11.6 Å². The first-order valence-corrected chi connectivity index (χ1v) is 6.33. The molecule has 17 heavy (non-hydrogen) atoms. The number of hydrogen-bond donors (Lipinski definition) is 1. The fourth-order valence-electron chi connectivity index (χ4n) is 2.02. The predicted molar refractivity (Wildman–Crippen MR) is 70.7 cm³/mol. The molecule has 0 heterocycles. The molecule has 1 fully saturated rings. The summed E-state index contributed by atoms with van der Waals surface area (Å²) in [4.78, 5) is 14.3. The fourth-order valence-corrected chi connectivity index (χ4v) is 2.19. The van der Waals surface area contributed by atoms with E-state index in [1.54, 1.807) is 12.1 Å². The number of nitrogens with zero attached hydrogens (tertiary/aromatic N) is 1. The van der Waals surface area contributed by atoms with E-state index < -0.39 is 0 Å². The number of hydrogen-bond acceptors (Lipinski definition) is 2. The molecule has 1 aromatic carbocycles. The van der Waals surface area contributed by atoms with Crippen molar-refractivity contribution in [3.8, 4) is 0 Å². The molecule has 1 amide bonds. The largest absolute Gasteiger partial charge is 0.387 e. The first-order valence-electron chi connectivity index (χ1n) is 5.95. The molecule has 0 spiro atoms. The highest BCUT2D eigenvalue weighted by atomic mass is 35.5. The minimum Gasteiger partial charge on any atom is -0.387 e. The SMILES string of the molecule is CCN(C(=O)c1cc(Cl)ccc1NC)C1CC1. The molecular formula is C13H17ClN2O. The lowest BCUT2D eigenvalue weighted by atomic mass is 10.1. The third kappa shape index (κ3) is 2.55. The van der Waals surface area contributed by atoms with Crippen molar-refractivity contribution in [2.45, 2.75) is 25.8 Å². The molecule has 0 aliphatic heterocycles. The minimum atomic E-state index is 0.0712. The Morgan fingerprint density at radius 3 is 2.76 bits per heavy atom. The van der Waals surface area contributed by atoms with Crippen LogP contribution in [0.2, 0.25) is 5.02 Å². The average molecular weight is 253 g/mol. The van der Waals surface area contributed by atoms with Gasteiger partial charge in [-0.05, 0) is 38.0 Å². The van der Waals surface area contributed by atoms with Gasteiger partial charge in [0.1, 0.15) is 0 Å². The van der Waals surface area contributed by atoms with Crippen molar-refractivity contribution in [3.05, 3.63) is 28.8 Å². The Balaban J connectivity index is 2.31. The second-order valence-corrected chi connectivity index (χ2v) is 4.70. The minimum absolute atomic E-state index is 0.0712. The monoisotopic (exact) mass is 252 g/mol. The molecule has 0 bridgehead atoms. The Bertz CT molecular complexity index is 429. The van der Waals surface area contributed by atoms with Crippen LogP contribution in [0, 0.1) is 0 Å². The topological polar surface area (TPSA) is 32.3 Å². The highest BCUT2D eigenvalue weighted by Gasteiger charge is 2.32. The van der Waals surface area contributed by atoms with Gasteiger partial charge in [-0.3, -0.25) is 4.79 Å². The van der Waals surface area contributed by atoms with E-state index in [4.69, 9.17) is 11.6 Å². The quantitative estimate of drug-likeness (QED) is 0.894. The molecule has 0 radical (unpaired) electrons. The number of amides is 1. The summed E-state index contributed by atoms with van der Waals surface area (Å²) in [6.07, 6.45) is 2.24. The van der Waals surface area contributed by atoms with E-state index in [-0.39, 0.29) is 5.91 Å². The van der Waals surface area contributed by atoms with Crippen molar-refractivity contribution in [2.24, 2.45) is 0 Å². The lowest BCUT2D eigenvalue weighted by Gasteiger charge is -2.22. The van der Waals surface area contributed by atoms with Crippen LogP contribution in [0.4, 0.5) is 5.69 Å². The predicted octanol–water partition coefficient (Wildman–Crippen LogP) is 3.01. The van der Waals surface area contributed by atoms with Gasteiger partial charge in [-0.25, -0.2) is 0 Å². The van der Waals surface area contributed by atoms with Crippen LogP contribution in [-0.2, 0) is 0 Å². The van der Waals surface area contributed by atoms with Crippen molar-refractivity contribution >= 4 is 23.2 Å². The zero-order chi connectivity index (χ0) is 12.4. The molecule has 3 nitrogen and oxygen atoms in total. The number of benzene rings is 1. The van der Waals surface area contributed by atoms with Crippen LogP contribution in [0.1, 0.15) is 30.1 Å². The zero-order valence-electron chi connectivity index (χ0n) is 10.2. The lowest BCUT2D eigenvalue weighted by molar-refractivity contribution is 0.0753. The molecule has 1 saturated carbocycles. The van der Waals surface area contributed by atoms with E-state index >= 15 is 0 Å². The average Bonchev–Trinajstić information content (AvgIpc) is 3.14. The normalized spacial score (nSPS) is 14.5. The number of nitrogens with one attached hydrogen (secondary N) is 1. The zero-order valence-corrected chi connectivity index (χ0v) is 10.9. The molecule has 1 aliphatic rings. The highest BCUT2D eigenvalue weighted by Crippen LogP contribution is 2.30. The number of halogens is 1. The van der Waals surface area contributed by atoms with E-state index in [9.17, 15) is 4.79 Å². The molecule has 0 aromatic heterocycles. The van der Waals surface area contributed by atoms with Gasteiger partial charge < -0.3 is 10.2 Å². The standard InChI is InChI=1S/C13H17ClN2O/c1-3-16(10-5-6-10)13(17)11-8-9(14)4-7-12(11)15-2/h4,7-8,10,15H,3,5-6H2,1-2H3. The van der Waals surface area contributed by atoms with E-state index in [2.05, 4.69) is 5.32 Å². The Morgan fingerprint density at radius 2 is 2.24 bits per heavy atom.